The van der Waals surface area contributed by atoms with Gasteiger partial charge in [0.25, 0.3) is 0 Å². The highest BCUT2D eigenvalue weighted by atomic mass is 35.5. The molecule has 9 heteroatoms. The first-order valence-electron chi connectivity index (χ1n) is 7.35. The van der Waals surface area contributed by atoms with Crippen LogP contribution in [0.1, 0.15) is 23.0 Å². The minimum Gasteiger partial charge on any atom is -0.485 e. The number of hydrogen-bond acceptors (Lipinski definition) is 6. The second kappa shape index (κ2) is 8.53. The topological polar surface area (TPSA) is 74.6 Å². The largest absolute Gasteiger partial charge is 0.485 e. The molecule has 1 N–H and O–H groups in total. The summed E-state index contributed by atoms with van der Waals surface area (Å²) in [5.41, 5.74) is 4.41. The highest BCUT2D eigenvalue weighted by Crippen LogP contribution is 2.31. The van der Waals surface area contributed by atoms with Crippen molar-refractivity contribution in [1.82, 2.24) is 15.3 Å². The zero-order chi connectivity index (χ0) is 18.6. The first kappa shape index (κ1) is 19.5. The van der Waals surface area contributed by atoms with Crippen molar-refractivity contribution in [1.29, 1.82) is 0 Å². The van der Waals surface area contributed by atoms with Crippen LogP contribution < -0.4 is 10.2 Å². The number of carbonyl (C=O) groups excluding carboxylic acids is 1. The van der Waals surface area contributed by atoms with E-state index < -0.39 is 12.0 Å². The van der Waals surface area contributed by atoms with Crippen LogP contribution in [0.25, 0.3) is 0 Å². The maximum Gasteiger partial charge on any atom is 0.331 e. The van der Waals surface area contributed by atoms with Crippen molar-refractivity contribution in [3.8, 4) is 5.75 Å². The van der Waals surface area contributed by atoms with Crippen molar-refractivity contribution in [3.05, 3.63) is 45.2 Å². The van der Waals surface area contributed by atoms with Crippen LogP contribution in [0.15, 0.2) is 18.2 Å². The number of rotatable bonds is 7. The van der Waals surface area contributed by atoms with Gasteiger partial charge in [-0.05, 0) is 25.1 Å². The molecule has 0 amide bonds. The lowest BCUT2D eigenvalue weighted by Gasteiger charge is -2.17. The first-order valence-corrected chi connectivity index (χ1v) is 8.11. The summed E-state index contributed by atoms with van der Waals surface area (Å²) in [4.78, 5) is 17.0. The Bertz CT molecular complexity index is 764. The number of esters is 1. The molecule has 0 spiro atoms. The number of hydrogen-bond donors (Lipinski definition) is 1. The van der Waals surface area contributed by atoms with Crippen molar-refractivity contribution in [2.75, 3.05) is 14.2 Å². The van der Waals surface area contributed by atoms with E-state index in [1.54, 1.807) is 32.2 Å². The van der Waals surface area contributed by atoms with Gasteiger partial charge < -0.3 is 14.3 Å². The number of ether oxygens (including phenoxy) is 2. The van der Waals surface area contributed by atoms with Gasteiger partial charge in [0.15, 0.2) is 11.8 Å². The molecule has 0 saturated heterocycles. The molecule has 0 saturated carbocycles. The van der Waals surface area contributed by atoms with Crippen LogP contribution in [0.4, 0.5) is 0 Å². The normalized spacial score (nSPS) is 12.1. The standard InChI is InChI=1S/C16H19Cl2N3O4/c1-9-15(25-8-10-7-11(17)5-6-12(10)18)14(21(2)19-9)13(20-24-4)16(22)23-3/h5-7,13,20H,8H2,1-4H3. The monoisotopic (exact) mass is 387 g/mol. The molecule has 7 nitrogen and oxygen atoms in total. The van der Waals surface area contributed by atoms with E-state index in [0.29, 0.717) is 27.2 Å². The Morgan fingerprint density at radius 1 is 1.36 bits per heavy atom. The van der Waals surface area contributed by atoms with Crippen molar-refractivity contribution < 1.29 is 19.1 Å². The van der Waals surface area contributed by atoms with Crippen molar-refractivity contribution >= 4 is 29.2 Å². The van der Waals surface area contributed by atoms with Crippen LogP contribution in [0.2, 0.25) is 10.0 Å². The second-order valence-corrected chi connectivity index (χ2v) is 6.07. The molecule has 1 heterocycles. The summed E-state index contributed by atoms with van der Waals surface area (Å²) in [5, 5.41) is 5.40. The number of carbonyl (C=O) groups is 1. The molecule has 0 aliphatic carbocycles. The molecule has 1 atom stereocenters. The van der Waals surface area contributed by atoms with Gasteiger partial charge in [-0.3, -0.25) is 4.68 Å². The average Bonchev–Trinajstić information content (AvgIpc) is 2.86. The van der Waals surface area contributed by atoms with E-state index in [0.717, 1.165) is 5.56 Å². The van der Waals surface area contributed by atoms with Gasteiger partial charge in [0, 0.05) is 22.7 Å². The van der Waals surface area contributed by atoms with E-state index in [-0.39, 0.29) is 6.61 Å². The number of nitrogens with zero attached hydrogens (tertiary/aromatic N) is 2. The van der Waals surface area contributed by atoms with Crippen molar-refractivity contribution in [3.63, 3.8) is 0 Å². The molecule has 25 heavy (non-hydrogen) atoms. The highest BCUT2D eigenvalue weighted by Gasteiger charge is 2.30. The second-order valence-electron chi connectivity index (χ2n) is 5.23. The average molecular weight is 388 g/mol. The fraction of sp³-hybridized carbons (Fsp3) is 0.375. The predicted octanol–water partition coefficient (Wildman–Crippen LogP) is 2.98. The minimum absolute atomic E-state index is 0.166. The number of hydroxylamine groups is 1. The van der Waals surface area contributed by atoms with E-state index in [1.165, 1.54) is 18.9 Å². The molecule has 2 aromatic rings. The maximum atomic E-state index is 12.1. The quantitative estimate of drug-likeness (QED) is 0.581. The number of aryl methyl sites for hydroxylation is 2. The number of benzene rings is 1. The summed E-state index contributed by atoms with van der Waals surface area (Å²) in [5.74, 6) is -0.0889. The van der Waals surface area contributed by atoms with Crippen LogP contribution in [-0.2, 0) is 28.0 Å². The Morgan fingerprint density at radius 2 is 2.08 bits per heavy atom. The summed E-state index contributed by atoms with van der Waals surface area (Å²) in [6.45, 7) is 1.94. The van der Waals surface area contributed by atoms with Crippen molar-refractivity contribution in [2.24, 2.45) is 7.05 Å². The molecule has 1 unspecified atom stereocenters. The SMILES string of the molecule is CONC(C(=O)OC)c1c(OCc2cc(Cl)ccc2Cl)c(C)nn1C. The molecular weight excluding hydrogens is 369 g/mol. The number of aromatic nitrogens is 2. The van der Waals surface area contributed by atoms with Gasteiger partial charge in [-0.1, -0.05) is 23.2 Å². The lowest BCUT2D eigenvalue weighted by molar-refractivity contribution is -0.147. The zero-order valence-corrected chi connectivity index (χ0v) is 15.8. The van der Waals surface area contributed by atoms with Crippen LogP contribution in [-0.4, -0.2) is 30.0 Å². The predicted molar refractivity (Wildman–Crippen MR) is 93.6 cm³/mol. The Labute approximate surface area is 155 Å². The summed E-state index contributed by atoms with van der Waals surface area (Å²) < 4.78 is 12.3. The van der Waals surface area contributed by atoms with Crippen LogP contribution in [0.5, 0.6) is 5.75 Å². The summed E-state index contributed by atoms with van der Waals surface area (Å²) in [6, 6.07) is 4.22. The zero-order valence-electron chi connectivity index (χ0n) is 14.3. The minimum atomic E-state index is -0.897. The Morgan fingerprint density at radius 3 is 2.72 bits per heavy atom. The third-order valence-electron chi connectivity index (χ3n) is 3.54. The Balaban J connectivity index is 2.34. The molecule has 0 aliphatic heterocycles. The lowest BCUT2D eigenvalue weighted by atomic mass is 10.2. The third-order valence-corrected chi connectivity index (χ3v) is 4.14. The third kappa shape index (κ3) is 4.43. The fourth-order valence-corrected chi connectivity index (χ4v) is 2.77. The van der Waals surface area contributed by atoms with E-state index in [9.17, 15) is 4.79 Å². The molecule has 0 bridgehead atoms. The number of nitrogens with one attached hydrogen (secondary N) is 1. The van der Waals surface area contributed by atoms with Gasteiger partial charge >= 0.3 is 5.97 Å². The summed E-state index contributed by atoms with van der Waals surface area (Å²) >= 11 is 12.2. The van der Waals surface area contributed by atoms with Gasteiger partial charge in [0.05, 0.1) is 14.2 Å². The molecule has 0 fully saturated rings. The van der Waals surface area contributed by atoms with E-state index in [2.05, 4.69) is 10.6 Å². The molecular formula is C16H19Cl2N3O4. The lowest BCUT2D eigenvalue weighted by Crippen LogP contribution is -2.31. The van der Waals surface area contributed by atoms with E-state index in [1.807, 2.05) is 0 Å². The van der Waals surface area contributed by atoms with Gasteiger partial charge in [-0.2, -0.15) is 10.6 Å². The fourth-order valence-electron chi connectivity index (χ4n) is 2.41. The van der Waals surface area contributed by atoms with E-state index >= 15 is 0 Å². The molecule has 1 aromatic carbocycles. The van der Waals surface area contributed by atoms with E-state index in [4.69, 9.17) is 37.5 Å². The number of halogens is 2. The van der Waals surface area contributed by atoms with Crippen LogP contribution >= 0.6 is 23.2 Å². The summed E-state index contributed by atoms with van der Waals surface area (Å²) in [7, 11) is 4.41. The maximum absolute atomic E-state index is 12.1. The van der Waals surface area contributed by atoms with Crippen LogP contribution in [0.3, 0.4) is 0 Å². The Kier molecular flexibility index (Phi) is 6.66. The van der Waals surface area contributed by atoms with Gasteiger partial charge in [-0.25, -0.2) is 4.79 Å². The highest BCUT2D eigenvalue weighted by molar-refractivity contribution is 6.33. The molecule has 136 valence electrons. The molecule has 0 aliphatic rings. The smallest absolute Gasteiger partial charge is 0.331 e. The first-order chi connectivity index (χ1) is 11.9. The molecule has 2 rings (SSSR count). The van der Waals surface area contributed by atoms with Crippen LogP contribution in [0, 0.1) is 6.92 Å². The van der Waals surface area contributed by atoms with Gasteiger partial charge in [0.2, 0.25) is 0 Å². The Hall–Kier alpha value is -1.80. The molecule has 0 radical (unpaired) electrons. The summed E-state index contributed by atoms with van der Waals surface area (Å²) in [6.07, 6.45) is 0. The van der Waals surface area contributed by atoms with Gasteiger partial charge in [-0.15, -0.1) is 0 Å². The molecule has 1 aromatic heterocycles. The number of methoxy groups -OCH3 is 1. The van der Waals surface area contributed by atoms with Gasteiger partial charge in [0.1, 0.15) is 18.0 Å². The van der Waals surface area contributed by atoms with Crippen molar-refractivity contribution in [2.45, 2.75) is 19.6 Å².